The normalized spacial score (nSPS) is 18.8. The van der Waals surface area contributed by atoms with Crippen molar-refractivity contribution in [3.8, 4) is 0 Å². The summed E-state index contributed by atoms with van der Waals surface area (Å²) in [6.07, 6.45) is 2.18. The van der Waals surface area contributed by atoms with E-state index in [0.29, 0.717) is 30.4 Å². The third-order valence-corrected chi connectivity index (χ3v) is 4.41. The van der Waals surface area contributed by atoms with Crippen molar-refractivity contribution >= 4 is 29.3 Å². The predicted molar refractivity (Wildman–Crippen MR) is 83.8 cm³/mol. The Morgan fingerprint density at radius 3 is 2.78 bits per heavy atom. The van der Waals surface area contributed by atoms with Gasteiger partial charge in [-0.25, -0.2) is 0 Å². The van der Waals surface area contributed by atoms with Crippen molar-refractivity contribution in [1.29, 1.82) is 0 Å². The Morgan fingerprint density at radius 2 is 2.09 bits per heavy atom. The summed E-state index contributed by atoms with van der Waals surface area (Å²) in [5.74, 6) is -3.92. The van der Waals surface area contributed by atoms with Crippen LogP contribution in [0.2, 0.25) is 0 Å². The molecule has 126 valence electrons. The number of piperidine rings is 1. The summed E-state index contributed by atoms with van der Waals surface area (Å²) in [5.41, 5.74) is 0.312. The first kappa shape index (κ1) is 17.7. The lowest BCUT2D eigenvalue weighted by Gasteiger charge is -2.32. The van der Waals surface area contributed by atoms with Gasteiger partial charge in [0.05, 0.1) is 12.2 Å². The molecule has 1 fully saturated rings. The van der Waals surface area contributed by atoms with E-state index in [1.54, 1.807) is 23.1 Å². The molecule has 23 heavy (non-hydrogen) atoms. The van der Waals surface area contributed by atoms with Crippen molar-refractivity contribution in [2.45, 2.75) is 36.0 Å². The van der Waals surface area contributed by atoms with Gasteiger partial charge in [-0.05, 0) is 31.5 Å². The van der Waals surface area contributed by atoms with Gasteiger partial charge in [-0.2, -0.15) is 8.78 Å². The average Bonchev–Trinajstić information content (AvgIpc) is 2.49. The van der Waals surface area contributed by atoms with Crippen LogP contribution in [-0.2, 0) is 9.59 Å². The number of anilines is 1. The van der Waals surface area contributed by atoms with Gasteiger partial charge in [0.2, 0.25) is 5.91 Å². The molecule has 1 atom stereocenters. The maximum Gasteiger partial charge on any atom is 0.320 e. The number of aliphatic carboxylic acids is 1. The van der Waals surface area contributed by atoms with Crippen LogP contribution in [-0.4, -0.2) is 46.8 Å². The number of carboxylic acids is 1. The fraction of sp³-hybridized carbons (Fsp3) is 0.467. The highest BCUT2D eigenvalue weighted by atomic mass is 32.2. The smallest absolute Gasteiger partial charge is 0.320 e. The number of carbonyl (C=O) groups excluding carboxylic acids is 1. The Morgan fingerprint density at radius 1 is 1.35 bits per heavy atom. The SMILES string of the molecule is O=C(CN1CCCCC1C(=O)O)Nc1ccccc1SC(F)F. The maximum absolute atomic E-state index is 12.5. The van der Waals surface area contributed by atoms with Crippen LogP contribution in [0.25, 0.3) is 0 Å². The van der Waals surface area contributed by atoms with Crippen molar-refractivity contribution < 1.29 is 23.5 Å². The zero-order chi connectivity index (χ0) is 16.8. The molecule has 1 aliphatic rings. The van der Waals surface area contributed by atoms with Gasteiger partial charge in [0.15, 0.2) is 0 Å². The highest BCUT2D eigenvalue weighted by molar-refractivity contribution is 7.99. The van der Waals surface area contributed by atoms with Crippen LogP contribution in [0.4, 0.5) is 14.5 Å². The molecule has 1 unspecified atom stereocenters. The molecule has 0 bridgehead atoms. The molecular formula is C15H18F2N2O3S. The zero-order valence-electron chi connectivity index (χ0n) is 12.4. The molecule has 5 nitrogen and oxygen atoms in total. The van der Waals surface area contributed by atoms with Gasteiger partial charge >= 0.3 is 5.97 Å². The molecule has 1 heterocycles. The van der Waals surface area contributed by atoms with Gasteiger partial charge < -0.3 is 10.4 Å². The summed E-state index contributed by atoms with van der Waals surface area (Å²) in [6.45, 7) is 0.475. The number of halogens is 2. The van der Waals surface area contributed by atoms with Gasteiger partial charge in [0, 0.05) is 4.90 Å². The molecule has 8 heteroatoms. The first-order chi connectivity index (χ1) is 11.0. The van der Waals surface area contributed by atoms with Gasteiger partial charge in [-0.15, -0.1) is 0 Å². The monoisotopic (exact) mass is 344 g/mol. The van der Waals surface area contributed by atoms with E-state index in [1.807, 2.05) is 0 Å². The quantitative estimate of drug-likeness (QED) is 0.777. The van der Waals surface area contributed by atoms with E-state index in [9.17, 15) is 23.5 Å². The van der Waals surface area contributed by atoms with Gasteiger partial charge in [-0.1, -0.05) is 30.3 Å². The van der Waals surface area contributed by atoms with Gasteiger partial charge in [0.25, 0.3) is 5.76 Å². The minimum Gasteiger partial charge on any atom is -0.480 e. The van der Waals surface area contributed by atoms with E-state index < -0.39 is 23.7 Å². The predicted octanol–water partition coefficient (Wildman–Crippen LogP) is 2.88. The molecule has 1 saturated heterocycles. The Hall–Kier alpha value is -1.67. The third-order valence-electron chi connectivity index (χ3n) is 3.62. The summed E-state index contributed by atoms with van der Waals surface area (Å²) < 4.78 is 25.1. The first-order valence-electron chi connectivity index (χ1n) is 7.28. The number of carbonyl (C=O) groups is 2. The van der Waals surface area contributed by atoms with Gasteiger partial charge in [0.1, 0.15) is 6.04 Å². The Bertz CT molecular complexity index is 571. The van der Waals surface area contributed by atoms with Crippen LogP contribution in [0, 0.1) is 0 Å². The summed E-state index contributed by atoms with van der Waals surface area (Å²) in [6, 6.07) is 5.65. The molecule has 0 radical (unpaired) electrons. The number of amides is 1. The molecule has 1 aromatic rings. The van der Waals surface area contributed by atoms with Crippen LogP contribution in [0.1, 0.15) is 19.3 Å². The standard InChI is InChI=1S/C15H18F2N2O3S/c16-15(17)23-12-7-2-1-5-10(12)18-13(20)9-19-8-4-3-6-11(19)14(21)22/h1-2,5,7,11,15H,3-4,6,8-9H2,(H,18,20)(H,21,22). The molecule has 1 aliphatic heterocycles. The van der Waals surface area contributed by atoms with E-state index in [2.05, 4.69) is 5.32 Å². The summed E-state index contributed by atoms with van der Waals surface area (Å²) >= 11 is 0.363. The largest absolute Gasteiger partial charge is 0.480 e. The van der Waals surface area contributed by atoms with Crippen LogP contribution < -0.4 is 5.32 Å². The van der Waals surface area contributed by atoms with Gasteiger partial charge in [-0.3, -0.25) is 14.5 Å². The summed E-state index contributed by atoms with van der Waals surface area (Å²) in [7, 11) is 0. The second kappa shape index (κ2) is 8.26. The lowest BCUT2D eigenvalue weighted by molar-refractivity contribution is -0.145. The van der Waals surface area contributed by atoms with Crippen LogP contribution in [0.5, 0.6) is 0 Å². The second-order valence-corrected chi connectivity index (χ2v) is 6.28. The van der Waals surface area contributed by atoms with E-state index in [1.165, 1.54) is 6.07 Å². The van der Waals surface area contributed by atoms with Crippen LogP contribution in [0.3, 0.4) is 0 Å². The number of hydrogen-bond donors (Lipinski definition) is 2. The highest BCUT2D eigenvalue weighted by Crippen LogP contribution is 2.31. The van der Waals surface area contributed by atoms with Crippen molar-refractivity contribution in [3.63, 3.8) is 0 Å². The molecule has 0 aromatic heterocycles. The van der Waals surface area contributed by atoms with E-state index in [0.717, 1.165) is 12.8 Å². The molecule has 0 spiro atoms. The van der Waals surface area contributed by atoms with Crippen LogP contribution in [0.15, 0.2) is 29.2 Å². The maximum atomic E-state index is 12.5. The molecule has 0 saturated carbocycles. The van der Waals surface area contributed by atoms with E-state index in [-0.39, 0.29) is 11.4 Å². The number of likely N-dealkylation sites (tertiary alicyclic amines) is 1. The van der Waals surface area contributed by atoms with Crippen LogP contribution >= 0.6 is 11.8 Å². The molecule has 0 aliphatic carbocycles. The second-order valence-electron chi connectivity index (χ2n) is 5.24. The lowest BCUT2D eigenvalue weighted by atomic mass is 10.0. The Kier molecular flexibility index (Phi) is 6.35. The summed E-state index contributed by atoms with van der Waals surface area (Å²) in [5, 5.41) is 11.8. The third kappa shape index (κ3) is 5.18. The lowest BCUT2D eigenvalue weighted by Crippen LogP contribution is -2.47. The first-order valence-corrected chi connectivity index (χ1v) is 8.16. The number of hydrogen-bond acceptors (Lipinski definition) is 4. The molecular weight excluding hydrogens is 326 g/mol. The van der Waals surface area contributed by atoms with Crippen molar-refractivity contribution in [3.05, 3.63) is 24.3 Å². The minimum atomic E-state index is -2.58. The highest BCUT2D eigenvalue weighted by Gasteiger charge is 2.29. The topological polar surface area (TPSA) is 69.6 Å². The number of benzene rings is 1. The number of alkyl halides is 2. The fourth-order valence-electron chi connectivity index (χ4n) is 2.60. The average molecular weight is 344 g/mol. The molecule has 2 N–H and O–H groups in total. The molecule has 1 aromatic carbocycles. The number of carboxylic acid groups (broad SMARTS) is 1. The van der Waals surface area contributed by atoms with E-state index >= 15 is 0 Å². The Labute approximate surface area is 137 Å². The number of para-hydroxylation sites is 1. The van der Waals surface area contributed by atoms with Crippen molar-refractivity contribution in [2.24, 2.45) is 0 Å². The summed E-state index contributed by atoms with van der Waals surface area (Å²) in [4.78, 5) is 25.3. The minimum absolute atomic E-state index is 0.0648. The number of nitrogens with zero attached hydrogens (tertiary/aromatic N) is 1. The number of nitrogens with one attached hydrogen (secondary N) is 1. The van der Waals surface area contributed by atoms with Crippen molar-refractivity contribution in [1.82, 2.24) is 4.90 Å². The fourth-order valence-corrected chi connectivity index (χ4v) is 3.20. The molecule has 1 amide bonds. The number of thioether (sulfide) groups is 1. The van der Waals surface area contributed by atoms with Crippen molar-refractivity contribution in [2.75, 3.05) is 18.4 Å². The molecule has 2 rings (SSSR count). The number of rotatable bonds is 6. The zero-order valence-corrected chi connectivity index (χ0v) is 13.2. The van der Waals surface area contributed by atoms with E-state index in [4.69, 9.17) is 0 Å². The Balaban J connectivity index is 2.00.